The molecule has 0 N–H and O–H groups in total. The molecular weight excluding hydrogens is 316 g/mol. The van der Waals surface area contributed by atoms with Gasteiger partial charge in [0.25, 0.3) is 0 Å². The van der Waals surface area contributed by atoms with Crippen molar-refractivity contribution in [1.29, 1.82) is 0 Å². The van der Waals surface area contributed by atoms with E-state index in [1.165, 1.54) is 7.11 Å². The number of likely N-dealkylation sites (tertiary alicyclic amines) is 1. The number of anilines is 2. The van der Waals surface area contributed by atoms with Gasteiger partial charge in [-0.25, -0.2) is 4.79 Å². The summed E-state index contributed by atoms with van der Waals surface area (Å²) >= 11 is 0. The van der Waals surface area contributed by atoms with E-state index in [2.05, 4.69) is 22.9 Å². The number of methoxy groups -OCH3 is 1. The maximum absolute atomic E-state index is 11.9. The Hall–Kier alpha value is -2.53. The Kier molecular flexibility index (Phi) is 4.09. The summed E-state index contributed by atoms with van der Waals surface area (Å²) in [6.45, 7) is 2.17. The van der Waals surface area contributed by atoms with Crippen LogP contribution in [0.25, 0.3) is 0 Å². The Morgan fingerprint density at radius 1 is 1.08 bits per heavy atom. The van der Waals surface area contributed by atoms with Crippen LogP contribution in [0.3, 0.4) is 0 Å². The minimum atomic E-state index is -0.351. The Bertz CT molecular complexity index is 797. The standard InChI is InChI=1S/C20H22N2O3/c1-21-11-9-15(10-12-21)22-16-5-3-4-6-18(16)25-19-13-14(20(23)24-2)7-8-17(19)22/h3-8,13,15H,9-12H2,1-2H3. The number of rotatable bonds is 2. The Morgan fingerprint density at radius 3 is 2.56 bits per heavy atom. The van der Waals surface area contributed by atoms with E-state index in [-0.39, 0.29) is 5.97 Å². The predicted molar refractivity (Wildman–Crippen MR) is 97.0 cm³/mol. The second kappa shape index (κ2) is 6.41. The highest BCUT2D eigenvalue weighted by molar-refractivity contribution is 5.92. The molecule has 0 radical (unpaired) electrons. The van der Waals surface area contributed by atoms with Crippen molar-refractivity contribution in [3.63, 3.8) is 0 Å². The largest absolute Gasteiger partial charge is 0.465 e. The van der Waals surface area contributed by atoms with Gasteiger partial charge in [-0.2, -0.15) is 0 Å². The van der Waals surface area contributed by atoms with E-state index >= 15 is 0 Å². The van der Waals surface area contributed by atoms with Crippen molar-refractivity contribution in [1.82, 2.24) is 4.90 Å². The second-order valence-electron chi connectivity index (χ2n) is 6.65. The molecule has 2 aliphatic heterocycles. The van der Waals surface area contributed by atoms with Crippen molar-refractivity contribution < 1.29 is 14.3 Å². The minimum absolute atomic E-state index is 0.351. The van der Waals surface area contributed by atoms with Gasteiger partial charge < -0.3 is 19.3 Å². The van der Waals surface area contributed by atoms with E-state index in [9.17, 15) is 4.79 Å². The van der Waals surface area contributed by atoms with Crippen LogP contribution in [0, 0.1) is 0 Å². The number of carbonyl (C=O) groups excluding carboxylic acids is 1. The highest BCUT2D eigenvalue weighted by atomic mass is 16.5. The number of benzene rings is 2. The fourth-order valence-corrected chi connectivity index (χ4v) is 3.68. The summed E-state index contributed by atoms with van der Waals surface area (Å²) in [5.74, 6) is 1.19. The summed E-state index contributed by atoms with van der Waals surface area (Å²) in [7, 11) is 3.56. The van der Waals surface area contributed by atoms with Crippen molar-refractivity contribution in [2.24, 2.45) is 0 Å². The Morgan fingerprint density at radius 2 is 1.80 bits per heavy atom. The number of para-hydroxylation sites is 2. The van der Waals surface area contributed by atoms with Gasteiger partial charge >= 0.3 is 5.97 Å². The maximum Gasteiger partial charge on any atom is 0.337 e. The first-order chi connectivity index (χ1) is 12.2. The molecule has 0 aromatic heterocycles. The first kappa shape index (κ1) is 16.0. The van der Waals surface area contributed by atoms with E-state index < -0.39 is 0 Å². The molecule has 2 aromatic rings. The van der Waals surface area contributed by atoms with Gasteiger partial charge in [-0.15, -0.1) is 0 Å². The monoisotopic (exact) mass is 338 g/mol. The van der Waals surface area contributed by atoms with Crippen LogP contribution < -0.4 is 9.64 Å². The van der Waals surface area contributed by atoms with Crippen molar-refractivity contribution in [2.45, 2.75) is 18.9 Å². The van der Waals surface area contributed by atoms with Gasteiger partial charge in [0.1, 0.15) is 0 Å². The molecule has 2 heterocycles. The third-order valence-corrected chi connectivity index (χ3v) is 5.04. The molecule has 130 valence electrons. The van der Waals surface area contributed by atoms with E-state index in [1.54, 1.807) is 6.07 Å². The van der Waals surface area contributed by atoms with Gasteiger partial charge in [-0.3, -0.25) is 0 Å². The molecule has 0 atom stereocenters. The summed E-state index contributed by atoms with van der Waals surface area (Å²) in [6.07, 6.45) is 2.20. The fourth-order valence-electron chi connectivity index (χ4n) is 3.68. The van der Waals surface area contributed by atoms with E-state index in [0.29, 0.717) is 17.4 Å². The number of fused-ring (bicyclic) bond motifs is 2. The van der Waals surface area contributed by atoms with E-state index in [0.717, 1.165) is 43.1 Å². The molecule has 0 unspecified atom stereocenters. The number of carbonyl (C=O) groups is 1. The van der Waals surface area contributed by atoms with E-state index in [1.807, 2.05) is 30.3 Å². The quantitative estimate of drug-likeness (QED) is 0.779. The van der Waals surface area contributed by atoms with Crippen molar-refractivity contribution >= 4 is 17.3 Å². The molecule has 25 heavy (non-hydrogen) atoms. The molecule has 1 saturated heterocycles. The third-order valence-electron chi connectivity index (χ3n) is 5.04. The SMILES string of the molecule is COC(=O)c1ccc2c(c1)Oc1ccccc1N2C1CCN(C)CC1. The molecular formula is C20H22N2O3. The predicted octanol–water partition coefficient (Wildman–Crippen LogP) is 3.81. The van der Waals surface area contributed by atoms with Crippen molar-refractivity contribution in [2.75, 3.05) is 32.1 Å². The fraction of sp³-hybridized carbons (Fsp3) is 0.350. The molecule has 5 nitrogen and oxygen atoms in total. The maximum atomic E-state index is 11.9. The molecule has 2 aromatic carbocycles. The number of hydrogen-bond donors (Lipinski definition) is 0. The normalized spacial score (nSPS) is 17.4. The lowest BCUT2D eigenvalue weighted by Gasteiger charge is -2.42. The summed E-state index contributed by atoms with van der Waals surface area (Å²) in [4.78, 5) is 16.6. The Labute approximate surface area is 147 Å². The lowest BCUT2D eigenvalue weighted by atomic mass is 10.00. The summed E-state index contributed by atoms with van der Waals surface area (Å²) in [5, 5.41) is 0. The first-order valence-electron chi connectivity index (χ1n) is 8.64. The first-order valence-corrected chi connectivity index (χ1v) is 8.64. The molecule has 0 bridgehead atoms. The number of nitrogens with zero attached hydrogens (tertiary/aromatic N) is 2. The number of hydrogen-bond acceptors (Lipinski definition) is 5. The molecule has 0 saturated carbocycles. The van der Waals surface area contributed by atoms with Crippen LogP contribution in [0.1, 0.15) is 23.2 Å². The van der Waals surface area contributed by atoms with Crippen LogP contribution in [-0.2, 0) is 4.74 Å². The van der Waals surface area contributed by atoms with Crippen molar-refractivity contribution in [3.8, 4) is 11.5 Å². The van der Waals surface area contributed by atoms with E-state index in [4.69, 9.17) is 9.47 Å². The van der Waals surface area contributed by atoms with Gasteiger partial charge in [0.15, 0.2) is 11.5 Å². The topological polar surface area (TPSA) is 42.0 Å². The lowest BCUT2D eigenvalue weighted by molar-refractivity contribution is 0.0600. The summed E-state index contributed by atoms with van der Waals surface area (Å²) in [5.41, 5.74) is 2.61. The molecule has 1 fully saturated rings. The average molecular weight is 338 g/mol. The summed E-state index contributed by atoms with van der Waals surface area (Å²) < 4.78 is 10.9. The highest BCUT2D eigenvalue weighted by Crippen LogP contribution is 2.48. The average Bonchev–Trinajstić information content (AvgIpc) is 2.66. The molecule has 5 heteroatoms. The van der Waals surface area contributed by atoms with Gasteiger partial charge in [-0.1, -0.05) is 12.1 Å². The Balaban J connectivity index is 1.77. The molecule has 4 rings (SSSR count). The van der Waals surface area contributed by atoms with Gasteiger partial charge in [-0.05, 0) is 63.3 Å². The lowest BCUT2D eigenvalue weighted by Crippen LogP contribution is -2.42. The van der Waals surface area contributed by atoms with Crippen LogP contribution in [0.2, 0.25) is 0 Å². The van der Waals surface area contributed by atoms with Crippen molar-refractivity contribution in [3.05, 3.63) is 48.0 Å². The van der Waals surface area contributed by atoms with Gasteiger partial charge in [0, 0.05) is 6.04 Å². The summed E-state index contributed by atoms with van der Waals surface area (Å²) in [6, 6.07) is 14.1. The van der Waals surface area contributed by atoms with Crippen LogP contribution in [0.5, 0.6) is 11.5 Å². The second-order valence-corrected chi connectivity index (χ2v) is 6.65. The van der Waals surface area contributed by atoms with Crippen LogP contribution in [0.15, 0.2) is 42.5 Å². The van der Waals surface area contributed by atoms with Gasteiger partial charge in [0.2, 0.25) is 0 Å². The minimum Gasteiger partial charge on any atom is -0.465 e. The van der Waals surface area contributed by atoms with Crippen LogP contribution in [0.4, 0.5) is 11.4 Å². The molecule has 2 aliphatic rings. The molecule has 0 amide bonds. The number of esters is 1. The number of ether oxygens (including phenoxy) is 2. The van der Waals surface area contributed by atoms with Crippen LogP contribution >= 0.6 is 0 Å². The zero-order chi connectivity index (χ0) is 17.4. The zero-order valence-electron chi connectivity index (χ0n) is 14.6. The number of piperidine rings is 1. The molecule has 0 spiro atoms. The smallest absolute Gasteiger partial charge is 0.337 e. The van der Waals surface area contributed by atoms with Crippen LogP contribution in [-0.4, -0.2) is 44.2 Å². The zero-order valence-corrected chi connectivity index (χ0v) is 14.6. The molecule has 0 aliphatic carbocycles. The van der Waals surface area contributed by atoms with Gasteiger partial charge in [0.05, 0.1) is 24.0 Å². The highest BCUT2D eigenvalue weighted by Gasteiger charge is 2.32. The third kappa shape index (κ3) is 2.85.